The van der Waals surface area contributed by atoms with E-state index in [1.54, 1.807) is 0 Å². The zero-order valence-corrected chi connectivity index (χ0v) is 9.44. The SMILES string of the molecule is O=S(=O)(CF)c1ccc2nc(C(F)(F)F)[nH]c2c1. The lowest BCUT2D eigenvalue weighted by Crippen LogP contribution is -2.06. The summed E-state index contributed by atoms with van der Waals surface area (Å²) in [6.07, 6.45) is -4.65. The largest absolute Gasteiger partial charge is 0.449 e. The lowest BCUT2D eigenvalue weighted by Gasteiger charge is -1.99. The average Bonchev–Trinajstić information content (AvgIpc) is 2.71. The molecule has 2 aromatic rings. The van der Waals surface area contributed by atoms with Crippen LogP contribution in [0.1, 0.15) is 5.82 Å². The Labute approximate surface area is 98.6 Å². The standard InChI is InChI=1S/C9H6F4N2O2S/c10-4-18(16,17)5-1-2-6-7(3-5)15-8(14-6)9(11,12)13/h1-3H,4H2,(H,14,15). The van der Waals surface area contributed by atoms with E-state index in [0.717, 1.165) is 18.2 Å². The molecule has 0 fully saturated rings. The number of H-pyrrole nitrogens is 1. The van der Waals surface area contributed by atoms with E-state index in [1.807, 2.05) is 4.98 Å². The van der Waals surface area contributed by atoms with Crippen LogP contribution >= 0.6 is 0 Å². The van der Waals surface area contributed by atoms with Gasteiger partial charge < -0.3 is 4.98 Å². The summed E-state index contributed by atoms with van der Waals surface area (Å²) in [7, 11) is -4.11. The van der Waals surface area contributed by atoms with E-state index < -0.39 is 32.7 Å². The van der Waals surface area contributed by atoms with Crippen molar-refractivity contribution in [1.29, 1.82) is 0 Å². The molecular formula is C9H6F4N2O2S. The van der Waals surface area contributed by atoms with Gasteiger partial charge in [0.2, 0.25) is 15.7 Å². The fraction of sp³-hybridized carbons (Fsp3) is 0.222. The molecule has 1 heterocycles. The zero-order chi connectivity index (χ0) is 13.6. The number of benzene rings is 1. The first-order valence-electron chi connectivity index (χ1n) is 4.60. The molecule has 1 N–H and O–H groups in total. The Kier molecular flexibility index (Phi) is 2.80. The van der Waals surface area contributed by atoms with Gasteiger partial charge in [-0.05, 0) is 18.2 Å². The number of aromatic nitrogens is 2. The summed E-state index contributed by atoms with van der Waals surface area (Å²) in [5.41, 5.74) is -0.156. The number of hydrogen-bond acceptors (Lipinski definition) is 3. The quantitative estimate of drug-likeness (QED) is 0.859. The van der Waals surface area contributed by atoms with E-state index in [2.05, 4.69) is 4.98 Å². The summed E-state index contributed by atoms with van der Waals surface area (Å²) >= 11 is 0. The molecule has 0 unspecified atom stereocenters. The van der Waals surface area contributed by atoms with Gasteiger partial charge in [-0.25, -0.2) is 17.8 Å². The first-order chi connectivity index (χ1) is 8.24. The predicted molar refractivity (Wildman–Crippen MR) is 54.3 cm³/mol. The average molecular weight is 282 g/mol. The van der Waals surface area contributed by atoms with Gasteiger partial charge in [0, 0.05) is 0 Å². The second-order valence-electron chi connectivity index (χ2n) is 3.49. The Morgan fingerprint density at radius 2 is 1.94 bits per heavy atom. The van der Waals surface area contributed by atoms with Gasteiger partial charge in [-0.15, -0.1) is 0 Å². The molecule has 0 saturated carbocycles. The highest BCUT2D eigenvalue weighted by atomic mass is 32.2. The number of rotatable bonds is 2. The van der Waals surface area contributed by atoms with Crippen LogP contribution in [0.5, 0.6) is 0 Å². The molecule has 18 heavy (non-hydrogen) atoms. The van der Waals surface area contributed by atoms with E-state index >= 15 is 0 Å². The second kappa shape index (κ2) is 3.94. The minimum atomic E-state index is -4.65. The van der Waals surface area contributed by atoms with Gasteiger partial charge in [-0.1, -0.05) is 0 Å². The van der Waals surface area contributed by atoms with Crippen molar-refractivity contribution in [2.45, 2.75) is 11.1 Å². The van der Waals surface area contributed by atoms with Crippen molar-refractivity contribution in [3.63, 3.8) is 0 Å². The normalized spacial score (nSPS) is 13.1. The number of hydrogen-bond donors (Lipinski definition) is 1. The third kappa shape index (κ3) is 2.17. The number of aromatic amines is 1. The highest BCUT2D eigenvalue weighted by Crippen LogP contribution is 2.29. The molecule has 0 saturated heterocycles. The predicted octanol–water partition coefficient (Wildman–Crippen LogP) is 2.28. The molecule has 0 spiro atoms. The van der Waals surface area contributed by atoms with E-state index in [4.69, 9.17) is 0 Å². The monoisotopic (exact) mass is 282 g/mol. The molecule has 9 heteroatoms. The maximum absolute atomic E-state index is 12.4. The molecule has 1 aromatic heterocycles. The third-order valence-corrected chi connectivity index (χ3v) is 3.48. The van der Waals surface area contributed by atoms with E-state index in [1.165, 1.54) is 0 Å². The van der Waals surface area contributed by atoms with E-state index in [0.29, 0.717) is 0 Å². The number of fused-ring (bicyclic) bond motifs is 1. The van der Waals surface area contributed by atoms with Crippen LogP contribution in [-0.2, 0) is 16.0 Å². The van der Waals surface area contributed by atoms with Crippen LogP contribution in [0.4, 0.5) is 17.6 Å². The first-order valence-corrected chi connectivity index (χ1v) is 6.25. The van der Waals surface area contributed by atoms with Gasteiger partial charge in [-0.2, -0.15) is 13.2 Å². The number of imidazole rings is 1. The summed E-state index contributed by atoms with van der Waals surface area (Å²) in [5.74, 6) is -1.23. The number of halogens is 4. The van der Waals surface area contributed by atoms with Crippen molar-refractivity contribution in [3.05, 3.63) is 24.0 Å². The summed E-state index contributed by atoms with van der Waals surface area (Å²) in [6.45, 7) is 0. The lowest BCUT2D eigenvalue weighted by molar-refractivity contribution is -0.144. The summed E-state index contributed by atoms with van der Waals surface area (Å²) < 4.78 is 71.8. The van der Waals surface area contributed by atoms with Crippen LogP contribution in [0.15, 0.2) is 23.1 Å². The molecule has 0 aliphatic rings. The minimum Gasteiger partial charge on any atom is -0.334 e. The summed E-state index contributed by atoms with van der Waals surface area (Å²) in [5, 5.41) is 0. The first kappa shape index (κ1) is 12.8. The fourth-order valence-corrected chi connectivity index (χ4v) is 2.08. The zero-order valence-electron chi connectivity index (χ0n) is 8.62. The number of nitrogens with one attached hydrogen (secondary N) is 1. The van der Waals surface area contributed by atoms with Crippen LogP contribution in [0.3, 0.4) is 0 Å². The topological polar surface area (TPSA) is 62.8 Å². The van der Waals surface area contributed by atoms with Crippen LogP contribution in [-0.4, -0.2) is 24.4 Å². The highest BCUT2D eigenvalue weighted by Gasteiger charge is 2.34. The molecule has 0 amide bonds. The van der Waals surface area contributed by atoms with E-state index in [9.17, 15) is 26.0 Å². The molecule has 0 aliphatic carbocycles. The molecule has 0 bridgehead atoms. The molecule has 0 aliphatic heterocycles. The maximum atomic E-state index is 12.4. The van der Waals surface area contributed by atoms with E-state index in [-0.39, 0.29) is 11.0 Å². The molecule has 4 nitrogen and oxygen atoms in total. The van der Waals surface area contributed by atoms with Gasteiger partial charge >= 0.3 is 6.18 Å². The van der Waals surface area contributed by atoms with Crippen molar-refractivity contribution in [3.8, 4) is 0 Å². The molecule has 0 radical (unpaired) electrons. The smallest absolute Gasteiger partial charge is 0.334 e. The second-order valence-corrected chi connectivity index (χ2v) is 5.41. The third-order valence-electron chi connectivity index (χ3n) is 2.22. The van der Waals surface area contributed by atoms with Crippen molar-refractivity contribution in [1.82, 2.24) is 9.97 Å². The van der Waals surface area contributed by atoms with Crippen molar-refractivity contribution in [2.75, 3.05) is 6.01 Å². The Bertz CT molecular complexity index is 690. The van der Waals surface area contributed by atoms with Crippen molar-refractivity contribution in [2.24, 2.45) is 0 Å². The number of alkyl halides is 4. The molecular weight excluding hydrogens is 276 g/mol. The van der Waals surface area contributed by atoms with Gasteiger partial charge in [0.05, 0.1) is 15.9 Å². The van der Waals surface area contributed by atoms with Gasteiger partial charge in [0.15, 0.2) is 6.01 Å². The number of nitrogens with zero attached hydrogens (tertiary/aromatic N) is 1. The van der Waals surface area contributed by atoms with Crippen molar-refractivity contribution < 1.29 is 26.0 Å². The Morgan fingerprint density at radius 3 is 2.50 bits per heavy atom. The fourth-order valence-electron chi connectivity index (χ4n) is 1.38. The maximum Gasteiger partial charge on any atom is 0.449 e. The van der Waals surface area contributed by atoms with Crippen LogP contribution in [0.2, 0.25) is 0 Å². The van der Waals surface area contributed by atoms with Crippen molar-refractivity contribution >= 4 is 20.9 Å². The highest BCUT2D eigenvalue weighted by molar-refractivity contribution is 7.91. The van der Waals surface area contributed by atoms with Crippen LogP contribution < -0.4 is 0 Å². The molecule has 2 rings (SSSR count). The Balaban J connectivity index is 2.60. The minimum absolute atomic E-state index is 0.0415. The van der Waals surface area contributed by atoms with Gasteiger partial charge in [0.25, 0.3) is 0 Å². The number of sulfone groups is 1. The summed E-state index contributed by atoms with van der Waals surface area (Å²) in [6, 6.07) is 1.41. The molecule has 98 valence electrons. The molecule has 1 aromatic carbocycles. The Morgan fingerprint density at radius 1 is 1.28 bits per heavy atom. The Hall–Kier alpha value is -1.64. The lowest BCUT2D eigenvalue weighted by atomic mass is 10.3. The van der Waals surface area contributed by atoms with Gasteiger partial charge in [0.1, 0.15) is 0 Å². The molecule has 0 atom stereocenters. The van der Waals surface area contributed by atoms with Gasteiger partial charge in [-0.3, -0.25) is 0 Å². The van der Waals surface area contributed by atoms with Crippen LogP contribution in [0, 0.1) is 0 Å². The summed E-state index contributed by atoms with van der Waals surface area (Å²) in [4.78, 5) is 4.82. The van der Waals surface area contributed by atoms with Crippen LogP contribution in [0.25, 0.3) is 11.0 Å².